The molecule has 1 amide bonds. The summed E-state index contributed by atoms with van der Waals surface area (Å²) in [6.45, 7) is 4.77. The first kappa shape index (κ1) is 15.6. The average molecular weight is 335 g/mol. The molecular formula is C18H25NO3S. The molecule has 0 unspecified atom stereocenters. The molecule has 2 atom stereocenters. The fourth-order valence-corrected chi connectivity index (χ4v) is 4.66. The standard InChI is InChI=1S/C18H25NO3S/c20-17(6-15-4-5-23-10-15)19-7-16-9-22-13-18(16,11-19)12-21-8-14-2-1-3-14/h4-5,10,14,16H,1-3,6-9,11-13H2/t16-,18-/m1/s1. The number of carbonyl (C=O) groups is 1. The van der Waals surface area contributed by atoms with Crippen molar-refractivity contribution in [2.24, 2.45) is 17.3 Å². The minimum Gasteiger partial charge on any atom is -0.380 e. The predicted octanol–water partition coefficient (Wildman–Crippen LogP) is 2.58. The van der Waals surface area contributed by atoms with Crippen molar-refractivity contribution in [2.45, 2.75) is 25.7 Å². The van der Waals surface area contributed by atoms with E-state index in [1.807, 2.05) is 16.3 Å². The van der Waals surface area contributed by atoms with Crippen molar-refractivity contribution in [3.8, 4) is 0 Å². The molecule has 3 heterocycles. The van der Waals surface area contributed by atoms with Gasteiger partial charge in [-0.3, -0.25) is 4.79 Å². The van der Waals surface area contributed by atoms with Gasteiger partial charge in [0.15, 0.2) is 0 Å². The molecule has 2 saturated heterocycles. The van der Waals surface area contributed by atoms with Crippen molar-refractivity contribution in [2.75, 3.05) is 39.5 Å². The molecule has 3 fully saturated rings. The van der Waals surface area contributed by atoms with Gasteiger partial charge in [-0.1, -0.05) is 6.42 Å². The Morgan fingerprint density at radius 1 is 1.48 bits per heavy atom. The summed E-state index contributed by atoms with van der Waals surface area (Å²) in [6, 6.07) is 2.04. The topological polar surface area (TPSA) is 38.8 Å². The van der Waals surface area contributed by atoms with Crippen LogP contribution in [0.5, 0.6) is 0 Å². The van der Waals surface area contributed by atoms with Gasteiger partial charge in [0.05, 0.1) is 26.2 Å². The summed E-state index contributed by atoms with van der Waals surface area (Å²) in [6.07, 6.45) is 4.52. The van der Waals surface area contributed by atoms with Crippen LogP contribution in [0.15, 0.2) is 16.8 Å². The molecule has 126 valence electrons. The molecule has 0 spiro atoms. The van der Waals surface area contributed by atoms with Crippen molar-refractivity contribution >= 4 is 17.2 Å². The van der Waals surface area contributed by atoms with E-state index in [0.29, 0.717) is 12.3 Å². The van der Waals surface area contributed by atoms with Gasteiger partial charge < -0.3 is 14.4 Å². The summed E-state index contributed by atoms with van der Waals surface area (Å²) in [5.41, 5.74) is 1.16. The highest BCUT2D eigenvalue weighted by Crippen LogP contribution is 2.42. The van der Waals surface area contributed by atoms with Crippen molar-refractivity contribution in [3.63, 3.8) is 0 Å². The molecule has 23 heavy (non-hydrogen) atoms. The molecule has 4 nitrogen and oxygen atoms in total. The first-order chi connectivity index (χ1) is 11.3. The van der Waals surface area contributed by atoms with Crippen LogP contribution in [0.2, 0.25) is 0 Å². The SMILES string of the molecule is O=C(Cc1ccsc1)N1C[C@@H]2COC[C@]2(COCC2CCC2)C1. The first-order valence-corrected chi connectivity index (χ1v) is 9.64. The maximum Gasteiger partial charge on any atom is 0.227 e. The molecule has 0 bridgehead atoms. The van der Waals surface area contributed by atoms with Gasteiger partial charge in [-0.2, -0.15) is 11.3 Å². The maximum atomic E-state index is 12.6. The van der Waals surface area contributed by atoms with Gasteiger partial charge in [0, 0.05) is 31.0 Å². The van der Waals surface area contributed by atoms with E-state index in [4.69, 9.17) is 9.47 Å². The third kappa shape index (κ3) is 3.19. The summed E-state index contributed by atoms with van der Waals surface area (Å²) in [5, 5.41) is 4.10. The number of ether oxygens (including phenoxy) is 2. The van der Waals surface area contributed by atoms with Crippen molar-refractivity contribution < 1.29 is 14.3 Å². The monoisotopic (exact) mass is 335 g/mol. The zero-order valence-electron chi connectivity index (χ0n) is 13.5. The summed E-state index contributed by atoms with van der Waals surface area (Å²) in [5.74, 6) is 1.45. The van der Waals surface area contributed by atoms with Crippen LogP contribution in [0, 0.1) is 17.3 Å². The zero-order chi connectivity index (χ0) is 15.7. The van der Waals surface area contributed by atoms with Crippen LogP contribution < -0.4 is 0 Å². The molecule has 1 saturated carbocycles. The second-order valence-electron chi connectivity index (χ2n) is 7.47. The van der Waals surface area contributed by atoms with Gasteiger partial charge in [-0.05, 0) is 41.1 Å². The number of hydrogen-bond acceptors (Lipinski definition) is 4. The number of amides is 1. The van der Waals surface area contributed by atoms with E-state index < -0.39 is 0 Å². The van der Waals surface area contributed by atoms with Crippen molar-refractivity contribution in [3.05, 3.63) is 22.4 Å². The molecule has 1 aliphatic carbocycles. The average Bonchev–Trinajstić information content (AvgIpc) is 3.16. The minimum atomic E-state index is 0.0358. The Labute approximate surface area is 141 Å². The van der Waals surface area contributed by atoms with E-state index in [0.717, 1.165) is 51.0 Å². The van der Waals surface area contributed by atoms with E-state index in [1.54, 1.807) is 11.3 Å². The zero-order valence-corrected chi connectivity index (χ0v) is 14.4. The Kier molecular flexibility index (Phi) is 4.43. The molecule has 3 aliphatic rings. The lowest BCUT2D eigenvalue weighted by molar-refractivity contribution is -0.130. The number of likely N-dealkylation sites (tertiary alicyclic amines) is 1. The second-order valence-corrected chi connectivity index (χ2v) is 8.25. The van der Waals surface area contributed by atoms with Crippen LogP contribution in [-0.4, -0.2) is 50.3 Å². The van der Waals surface area contributed by atoms with E-state index >= 15 is 0 Å². The van der Waals surface area contributed by atoms with Gasteiger partial charge in [-0.25, -0.2) is 0 Å². The molecule has 0 aromatic carbocycles. The van der Waals surface area contributed by atoms with Crippen LogP contribution >= 0.6 is 11.3 Å². The van der Waals surface area contributed by atoms with E-state index in [-0.39, 0.29) is 11.3 Å². The summed E-state index contributed by atoms with van der Waals surface area (Å²) in [7, 11) is 0. The molecule has 1 aromatic heterocycles. The number of rotatable bonds is 6. The highest BCUT2D eigenvalue weighted by Gasteiger charge is 2.52. The summed E-state index contributed by atoms with van der Waals surface area (Å²) in [4.78, 5) is 14.6. The number of thiophene rings is 1. The lowest BCUT2D eigenvalue weighted by Gasteiger charge is -2.30. The Balaban J connectivity index is 1.34. The lowest BCUT2D eigenvalue weighted by atomic mass is 9.81. The maximum absolute atomic E-state index is 12.6. The number of fused-ring (bicyclic) bond motifs is 1. The second kappa shape index (κ2) is 6.54. The quantitative estimate of drug-likeness (QED) is 0.802. The van der Waals surface area contributed by atoms with Gasteiger partial charge in [0.2, 0.25) is 5.91 Å². The first-order valence-electron chi connectivity index (χ1n) is 8.69. The normalized spacial score (nSPS) is 30.4. The molecular weight excluding hydrogens is 310 g/mol. The highest BCUT2D eigenvalue weighted by atomic mass is 32.1. The lowest BCUT2D eigenvalue weighted by Crippen LogP contribution is -2.38. The van der Waals surface area contributed by atoms with Crippen molar-refractivity contribution in [1.29, 1.82) is 0 Å². The Morgan fingerprint density at radius 3 is 3.13 bits per heavy atom. The van der Waals surface area contributed by atoms with E-state index in [9.17, 15) is 4.79 Å². The fourth-order valence-electron chi connectivity index (χ4n) is 3.99. The Hall–Kier alpha value is -0.910. The van der Waals surface area contributed by atoms with Crippen molar-refractivity contribution in [1.82, 2.24) is 4.90 Å². The molecule has 5 heteroatoms. The van der Waals surface area contributed by atoms with Gasteiger partial charge in [0.1, 0.15) is 0 Å². The van der Waals surface area contributed by atoms with Crippen LogP contribution in [-0.2, 0) is 20.7 Å². The number of nitrogens with zero attached hydrogens (tertiary/aromatic N) is 1. The molecule has 0 radical (unpaired) electrons. The Bertz CT molecular complexity index is 542. The van der Waals surface area contributed by atoms with Crippen LogP contribution in [0.3, 0.4) is 0 Å². The van der Waals surface area contributed by atoms with Gasteiger partial charge in [-0.15, -0.1) is 0 Å². The summed E-state index contributed by atoms with van der Waals surface area (Å²) >= 11 is 1.65. The third-order valence-electron chi connectivity index (χ3n) is 5.78. The molecule has 4 rings (SSSR count). The number of hydrogen-bond donors (Lipinski definition) is 0. The molecule has 0 N–H and O–H groups in total. The Morgan fingerprint density at radius 2 is 2.39 bits per heavy atom. The fraction of sp³-hybridized carbons (Fsp3) is 0.722. The highest BCUT2D eigenvalue weighted by molar-refractivity contribution is 7.07. The van der Waals surface area contributed by atoms with E-state index in [2.05, 4.69) is 5.38 Å². The van der Waals surface area contributed by atoms with Gasteiger partial charge in [0.25, 0.3) is 0 Å². The number of carbonyl (C=O) groups excluding carboxylic acids is 1. The largest absolute Gasteiger partial charge is 0.380 e. The van der Waals surface area contributed by atoms with Gasteiger partial charge >= 0.3 is 0 Å². The molecule has 2 aliphatic heterocycles. The minimum absolute atomic E-state index is 0.0358. The third-order valence-corrected chi connectivity index (χ3v) is 6.51. The molecule has 1 aromatic rings. The van der Waals surface area contributed by atoms with Crippen LogP contribution in [0.4, 0.5) is 0 Å². The summed E-state index contributed by atoms with van der Waals surface area (Å²) < 4.78 is 11.8. The van der Waals surface area contributed by atoms with Crippen LogP contribution in [0.1, 0.15) is 24.8 Å². The van der Waals surface area contributed by atoms with E-state index in [1.165, 1.54) is 19.3 Å². The van der Waals surface area contributed by atoms with Crippen LogP contribution in [0.25, 0.3) is 0 Å². The predicted molar refractivity (Wildman–Crippen MR) is 89.5 cm³/mol. The smallest absolute Gasteiger partial charge is 0.227 e.